The summed E-state index contributed by atoms with van der Waals surface area (Å²) < 4.78 is 6.61. The number of hydrogen-bond acceptors (Lipinski definition) is 2. The highest BCUT2D eigenvalue weighted by atomic mass is 16.3. The van der Waals surface area contributed by atoms with Crippen LogP contribution in [0.5, 0.6) is 0 Å². The predicted molar refractivity (Wildman–Crippen MR) is 205 cm³/mol. The molecule has 0 aliphatic heterocycles. The molecule has 0 saturated carbocycles. The third-order valence-electron chi connectivity index (χ3n) is 10.1. The summed E-state index contributed by atoms with van der Waals surface area (Å²) in [6.45, 7) is 0. The van der Waals surface area contributed by atoms with Crippen LogP contribution in [0.2, 0.25) is 0 Å². The van der Waals surface area contributed by atoms with E-state index in [-0.39, 0.29) is 0 Å². The molecular formula is C47H31NO. The fraction of sp³-hybridized carbons (Fsp3) is 0.0213. The molecule has 0 bridgehead atoms. The van der Waals surface area contributed by atoms with Crippen LogP contribution in [0.15, 0.2) is 180 Å². The first-order valence-corrected chi connectivity index (χ1v) is 16.9. The summed E-state index contributed by atoms with van der Waals surface area (Å²) in [5, 5.41) is 4.58. The molecule has 0 saturated heterocycles. The van der Waals surface area contributed by atoms with Crippen molar-refractivity contribution in [2.24, 2.45) is 0 Å². The van der Waals surface area contributed by atoms with Gasteiger partial charge in [-0.25, -0.2) is 0 Å². The molecule has 0 unspecified atom stereocenters. The first-order valence-electron chi connectivity index (χ1n) is 16.9. The van der Waals surface area contributed by atoms with Gasteiger partial charge in [-0.15, -0.1) is 0 Å². The van der Waals surface area contributed by atoms with Gasteiger partial charge in [0.25, 0.3) is 0 Å². The van der Waals surface area contributed by atoms with Crippen molar-refractivity contribution in [1.82, 2.24) is 0 Å². The Balaban J connectivity index is 1.09. The van der Waals surface area contributed by atoms with E-state index in [1.165, 1.54) is 44.3 Å². The number of para-hydroxylation sites is 1. The molecule has 0 radical (unpaired) electrons. The van der Waals surface area contributed by atoms with E-state index in [1.54, 1.807) is 0 Å². The van der Waals surface area contributed by atoms with E-state index < -0.39 is 0 Å². The Morgan fingerprint density at radius 1 is 0.367 bits per heavy atom. The SMILES string of the molecule is c1ccc(-c2ccc3c(c2)oc2c4ccccc4c(-c4ccc(N(c5ccccc5)c5ccc6c(c5)-c5ccccc5C6)cc4)cc32)cc1. The Labute approximate surface area is 285 Å². The maximum Gasteiger partial charge on any atom is 0.143 e. The summed E-state index contributed by atoms with van der Waals surface area (Å²) in [5.74, 6) is 0. The number of benzene rings is 8. The smallest absolute Gasteiger partial charge is 0.143 e. The van der Waals surface area contributed by atoms with Crippen molar-refractivity contribution in [3.63, 3.8) is 0 Å². The number of hydrogen-bond donors (Lipinski definition) is 0. The number of fused-ring (bicyclic) bond motifs is 8. The molecule has 2 nitrogen and oxygen atoms in total. The Bertz CT molecular complexity index is 2670. The first-order chi connectivity index (χ1) is 24.3. The van der Waals surface area contributed by atoms with Gasteiger partial charge in [0, 0.05) is 33.2 Å². The van der Waals surface area contributed by atoms with E-state index in [1.807, 2.05) is 0 Å². The van der Waals surface area contributed by atoms with Crippen molar-refractivity contribution in [3.8, 4) is 33.4 Å². The normalized spacial score (nSPS) is 12.0. The molecule has 1 aromatic heterocycles. The van der Waals surface area contributed by atoms with Crippen LogP contribution >= 0.6 is 0 Å². The van der Waals surface area contributed by atoms with Crippen molar-refractivity contribution in [2.45, 2.75) is 6.42 Å². The zero-order valence-electron chi connectivity index (χ0n) is 26.8. The van der Waals surface area contributed by atoms with Gasteiger partial charge in [0.05, 0.1) is 0 Å². The van der Waals surface area contributed by atoms with Crippen LogP contribution in [0.3, 0.4) is 0 Å². The lowest BCUT2D eigenvalue weighted by Gasteiger charge is -2.26. The van der Waals surface area contributed by atoms with Crippen LogP contribution in [-0.4, -0.2) is 0 Å². The molecule has 0 atom stereocenters. The van der Waals surface area contributed by atoms with Crippen LogP contribution in [0.1, 0.15) is 11.1 Å². The Kier molecular flexibility index (Phi) is 6.28. The summed E-state index contributed by atoms with van der Waals surface area (Å²) in [6, 6.07) is 63.4. The number of anilines is 3. The highest BCUT2D eigenvalue weighted by Crippen LogP contribution is 2.44. The lowest BCUT2D eigenvalue weighted by atomic mass is 9.95. The summed E-state index contributed by atoms with van der Waals surface area (Å²) in [5.41, 5.74) is 15.4. The Morgan fingerprint density at radius 3 is 1.86 bits per heavy atom. The minimum absolute atomic E-state index is 0.907. The summed E-state index contributed by atoms with van der Waals surface area (Å²) in [7, 11) is 0. The van der Waals surface area contributed by atoms with Gasteiger partial charge < -0.3 is 9.32 Å². The molecule has 1 aliphatic rings. The van der Waals surface area contributed by atoms with Crippen molar-refractivity contribution >= 4 is 49.8 Å². The second kappa shape index (κ2) is 11.1. The maximum atomic E-state index is 6.61. The molecule has 8 aromatic carbocycles. The van der Waals surface area contributed by atoms with Gasteiger partial charge in [-0.1, -0.05) is 121 Å². The first kappa shape index (κ1) is 27.7. The fourth-order valence-corrected chi connectivity index (χ4v) is 7.71. The van der Waals surface area contributed by atoms with Gasteiger partial charge in [-0.2, -0.15) is 0 Å². The van der Waals surface area contributed by atoms with E-state index in [2.05, 4.69) is 181 Å². The zero-order valence-corrected chi connectivity index (χ0v) is 26.8. The average Bonchev–Trinajstić information content (AvgIpc) is 3.74. The average molecular weight is 626 g/mol. The van der Waals surface area contributed by atoms with Crippen molar-refractivity contribution < 1.29 is 4.42 Å². The van der Waals surface area contributed by atoms with Crippen LogP contribution in [0, 0.1) is 0 Å². The van der Waals surface area contributed by atoms with Gasteiger partial charge in [-0.05, 0) is 111 Å². The van der Waals surface area contributed by atoms with E-state index >= 15 is 0 Å². The lowest BCUT2D eigenvalue weighted by Crippen LogP contribution is -2.10. The van der Waals surface area contributed by atoms with Crippen molar-refractivity contribution in [1.29, 1.82) is 0 Å². The van der Waals surface area contributed by atoms with Gasteiger partial charge >= 0.3 is 0 Å². The van der Waals surface area contributed by atoms with Crippen molar-refractivity contribution in [2.75, 3.05) is 4.90 Å². The maximum absolute atomic E-state index is 6.61. The molecule has 49 heavy (non-hydrogen) atoms. The number of furan rings is 1. The molecule has 0 amide bonds. The molecule has 9 aromatic rings. The van der Waals surface area contributed by atoms with E-state index in [4.69, 9.17) is 4.42 Å². The van der Waals surface area contributed by atoms with E-state index in [0.717, 1.165) is 56.4 Å². The molecule has 0 N–H and O–H groups in total. The summed E-state index contributed by atoms with van der Waals surface area (Å²) in [4.78, 5) is 2.36. The largest absolute Gasteiger partial charge is 0.455 e. The zero-order chi connectivity index (χ0) is 32.3. The molecule has 1 aliphatic carbocycles. The molecule has 0 spiro atoms. The minimum atomic E-state index is 0.907. The quantitative estimate of drug-likeness (QED) is 0.189. The standard InChI is InChI=1S/C47H31NO/c1-3-11-31(12-4-1)33-22-26-41-45-30-44(40-17-9-10-18-42(40)47(45)49-46(41)28-33)32-19-23-37(24-20-32)48(36-14-5-2-6-15-36)38-25-21-35-27-34-13-7-8-16-39(34)43(35)29-38/h1-26,28-30H,27H2. The predicted octanol–water partition coefficient (Wildman–Crippen LogP) is 13.1. The minimum Gasteiger partial charge on any atom is -0.455 e. The highest BCUT2D eigenvalue weighted by molar-refractivity contribution is 6.19. The van der Waals surface area contributed by atoms with Crippen LogP contribution in [0.4, 0.5) is 17.1 Å². The van der Waals surface area contributed by atoms with E-state index in [9.17, 15) is 0 Å². The monoisotopic (exact) mass is 625 g/mol. The van der Waals surface area contributed by atoms with Crippen LogP contribution < -0.4 is 4.90 Å². The topological polar surface area (TPSA) is 16.4 Å². The lowest BCUT2D eigenvalue weighted by molar-refractivity contribution is 0.673. The molecular weight excluding hydrogens is 595 g/mol. The van der Waals surface area contributed by atoms with Crippen molar-refractivity contribution in [3.05, 3.63) is 187 Å². The van der Waals surface area contributed by atoms with Gasteiger partial charge in [0.1, 0.15) is 11.2 Å². The molecule has 230 valence electrons. The second-order valence-corrected chi connectivity index (χ2v) is 12.9. The third kappa shape index (κ3) is 4.57. The summed E-state index contributed by atoms with van der Waals surface area (Å²) in [6.07, 6.45) is 0.990. The van der Waals surface area contributed by atoms with Gasteiger partial charge in [0.2, 0.25) is 0 Å². The summed E-state index contributed by atoms with van der Waals surface area (Å²) >= 11 is 0. The molecule has 1 heterocycles. The van der Waals surface area contributed by atoms with Gasteiger partial charge in [0.15, 0.2) is 0 Å². The third-order valence-corrected chi connectivity index (χ3v) is 10.1. The fourth-order valence-electron chi connectivity index (χ4n) is 7.71. The van der Waals surface area contributed by atoms with Crippen LogP contribution in [0.25, 0.3) is 66.1 Å². The molecule has 10 rings (SSSR count). The Morgan fingerprint density at radius 2 is 1.02 bits per heavy atom. The number of nitrogens with zero attached hydrogens (tertiary/aromatic N) is 1. The second-order valence-electron chi connectivity index (χ2n) is 12.9. The number of rotatable bonds is 5. The molecule has 2 heteroatoms. The van der Waals surface area contributed by atoms with E-state index in [0.29, 0.717) is 0 Å². The van der Waals surface area contributed by atoms with Crippen LogP contribution in [-0.2, 0) is 6.42 Å². The Hall–Kier alpha value is -6.38. The van der Waals surface area contributed by atoms with Gasteiger partial charge in [-0.3, -0.25) is 0 Å². The molecule has 0 fully saturated rings. The highest BCUT2D eigenvalue weighted by Gasteiger charge is 2.21.